The van der Waals surface area contributed by atoms with Gasteiger partial charge >= 0.3 is 5.97 Å². The second kappa shape index (κ2) is 5.69. The highest BCUT2D eigenvalue weighted by molar-refractivity contribution is 14.1. The van der Waals surface area contributed by atoms with Gasteiger partial charge in [0, 0.05) is 0 Å². The summed E-state index contributed by atoms with van der Waals surface area (Å²) in [6.07, 6.45) is 0. The molecule has 96 valence electrons. The second-order valence-electron chi connectivity index (χ2n) is 6.41. The molecule has 0 amide bonds. The summed E-state index contributed by atoms with van der Waals surface area (Å²) >= 11 is 2.29. The summed E-state index contributed by atoms with van der Waals surface area (Å²) in [7, 11) is 0. The molecule has 0 rings (SSSR count). The van der Waals surface area contributed by atoms with Crippen LogP contribution in [0.4, 0.5) is 0 Å². The zero-order valence-corrected chi connectivity index (χ0v) is 13.7. The molecule has 0 aliphatic heterocycles. The van der Waals surface area contributed by atoms with Gasteiger partial charge in [0.05, 0.1) is 9.34 Å². The number of esters is 1. The molecule has 0 aliphatic rings. The molecule has 0 aromatic heterocycles. The number of ether oxygens (including phenoxy) is 1. The fourth-order valence-electron chi connectivity index (χ4n) is 1.96. The van der Waals surface area contributed by atoms with Gasteiger partial charge in [0.2, 0.25) is 0 Å². The lowest BCUT2D eigenvalue weighted by molar-refractivity contribution is -0.155. The van der Waals surface area contributed by atoms with Crippen molar-refractivity contribution in [3.05, 3.63) is 0 Å². The van der Waals surface area contributed by atoms with E-state index in [2.05, 4.69) is 71.1 Å². The minimum atomic E-state index is -0.0627. The molecule has 0 saturated heterocycles. The highest BCUT2D eigenvalue weighted by Crippen LogP contribution is 2.33. The maximum atomic E-state index is 12.1. The van der Waals surface area contributed by atoms with Gasteiger partial charge in [0.15, 0.2) is 0 Å². The Morgan fingerprint density at radius 3 is 1.88 bits per heavy atom. The minimum absolute atomic E-state index is 0.00678. The van der Waals surface area contributed by atoms with Crippen LogP contribution in [-0.2, 0) is 9.53 Å². The number of hydrogen-bond acceptors (Lipinski definition) is 2. The van der Waals surface area contributed by atoms with Crippen molar-refractivity contribution in [2.24, 2.45) is 17.3 Å². The van der Waals surface area contributed by atoms with E-state index in [9.17, 15) is 4.79 Å². The van der Waals surface area contributed by atoms with Crippen LogP contribution in [0.3, 0.4) is 0 Å². The van der Waals surface area contributed by atoms with Gasteiger partial charge in [-0.1, -0.05) is 57.2 Å². The molecule has 0 aliphatic carbocycles. The van der Waals surface area contributed by atoms with Crippen LogP contribution in [0.2, 0.25) is 0 Å². The van der Waals surface area contributed by atoms with Crippen molar-refractivity contribution in [2.45, 2.75) is 51.9 Å². The smallest absolute Gasteiger partial charge is 0.309 e. The average molecular weight is 340 g/mol. The molecule has 0 aromatic rings. The van der Waals surface area contributed by atoms with Crippen molar-refractivity contribution in [1.29, 1.82) is 0 Å². The Labute approximate surface area is 114 Å². The van der Waals surface area contributed by atoms with Gasteiger partial charge in [0.25, 0.3) is 0 Å². The summed E-state index contributed by atoms with van der Waals surface area (Å²) in [6.45, 7) is 15.0. The van der Waals surface area contributed by atoms with Gasteiger partial charge < -0.3 is 4.74 Å². The Balaban J connectivity index is 4.54. The highest BCUT2D eigenvalue weighted by atomic mass is 127. The second-order valence-corrected chi connectivity index (χ2v) is 9.33. The zero-order valence-electron chi connectivity index (χ0n) is 11.6. The van der Waals surface area contributed by atoms with Crippen LogP contribution in [0.5, 0.6) is 0 Å². The Morgan fingerprint density at radius 1 is 1.19 bits per heavy atom. The van der Waals surface area contributed by atoms with Gasteiger partial charge in [-0.2, -0.15) is 0 Å². The number of halogens is 1. The molecule has 0 spiro atoms. The molecule has 0 heterocycles. The fourth-order valence-corrected chi connectivity index (χ4v) is 2.11. The van der Waals surface area contributed by atoms with Crippen molar-refractivity contribution in [3.8, 4) is 0 Å². The average Bonchev–Trinajstić information content (AvgIpc) is 1.95. The van der Waals surface area contributed by atoms with Gasteiger partial charge in [0.1, 0.15) is 6.61 Å². The molecule has 0 aromatic carbocycles. The van der Waals surface area contributed by atoms with Crippen LogP contribution in [0.15, 0.2) is 0 Å². The first-order valence-corrected chi connectivity index (χ1v) is 6.88. The van der Waals surface area contributed by atoms with Crippen molar-refractivity contribution < 1.29 is 9.53 Å². The summed E-state index contributed by atoms with van der Waals surface area (Å²) in [5.41, 5.74) is -0.0410. The Bertz CT molecular complexity index is 233. The van der Waals surface area contributed by atoms with Gasteiger partial charge in [-0.3, -0.25) is 4.79 Å². The summed E-state index contributed by atoms with van der Waals surface area (Å²) < 4.78 is 5.42. The molecule has 3 heteroatoms. The Kier molecular flexibility index (Phi) is 5.77. The zero-order chi connectivity index (χ0) is 13.1. The predicted octanol–water partition coefficient (Wildman–Crippen LogP) is 4.06. The van der Waals surface area contributed by atoms with Crippen LogP contribution in [0, 0.1) is 17.3 Å². The molecule has 0 N–H and O–H groups in total. The fraction of sp³-hybridized carbons (Fsp3) is 0.923. The van der Waals surface area contributed by atoms with E-state index in [0.717, 1.165) is 0 Å². The quantitative estimate of drug-likeness (QED) is 0.438. The van der Waals surface area contributed by atoms with E-state index in [1.807, 2.05) is 0 Å². The predicted molar refractivity (Wildman–Crippen MR) is 76.8 cm³/mol. The molecule has 0 saturated carbocycles. The number of alkyl halides is 1. The van der Waals surface area contributed by atoms with Crippen LogP contribution in [0.1, 0.15) is 48.5 Å². The van der Waals surface area contributed by atoms with E-state index in [4.69, 9.17) is 4.74 Å². The SMILES string of the molecule is CC(C)C(C(=O)OCC(C)(C)I)C(C)(C)C. The van der Waals surface area contributed by atoms with E-state index in [1.165, 1.54) is 0 Å². The molecule has 1 unspecified atom stereocenters. The third-order valence-corrected chi connectivity index (χ3v) is 2.72. The van der Waals surface area contributed by atoms with Gasteiger partial charge in [-0.05, 0) is 25.2 Å². The first-order chi connectivity index (χ1) is 6.95. The molecule has 2 nitrogen and oxygen atoms in total. The van der Waals surface area contributed by atoms with Crippen molar-refractivity contribution in [3.63, 3.8) is 0 Å². The molecule has 16 heavy (non-hydrogen) atoms. The topological polar surface area (TPSA) is 26.3 Å². The first-order valence-electron chi connectivity index (χ1n) is 5.80. The first kappa shape index (κ1) is 16.2. The third kappa shape index (κ3) is 6.06. The van der Waals surface area contributed by atoms with Crippen molar-refractivity contribution in [2.75, 3.05) is 6.61 Å². The Morgan fingerprint density at radius 2 is 1.62 bits per heavy atom. The number of hydrogen-bond donors (Lipinski definition) is 0. The van der Waals surface area contributed by atoms with Crippen LogP contribution in [-0.4, -0.2) is 16.0 Å². The lowest BCUT2D eigenvalue weighted by Crippen LogP contribution is -2.36. The number of rotatable bonds is 4. The highest BCUT2D eigenvalue weighted by Gasteiger charge is 2.35. The van der Waals surface area contributed by atoms with E-state index in [-0.39, 0.29) is 20.7 Å². The molecule has 0 bridgehead atoms. The lowest BCUT2D eigenvalue weighted by Gasteiger charge is -2.32. The largest absolute Gasteiger partial charge is 0.464 e. The van der Waals surface area contributed by atoms with Crippen molar-refractivity contribution >= 4 is 28.6 Å². The van der Waals surface area contributed by atoms with E-state index in [0.29, 0.717) is 12.5 Å². The summed E-state index contributed by atoms with van der Waals surface area (Å²) in [4.78, 5) is 12.1. The lowest BCUT2D eigenvalue weighted by atomic mass is 9.74. The molecule has 1 atom stereocenters. The number of carbonyl (C=O) groups is 1. The van der Waals surface area contributed by atoms with E-state index < -0.39 is 0 Å². The maximum Gasteiger partial charge on any atom is 0.309 e. The molecular weight excluding hydrogens is 315 g/mol. The van der Waals surface area contributed by atoms with E-state index >= 15 is 0 Å². The summed E-state index contributed by atoms with van der Waals surface area (Å²) in [6, 6.07) is 0. The van der Waals surface area contributed by atoms with E-state index in [1.54, 1.807) is 0 Å². The normalized spacial score (nSPS) is 15.1. The monoisotopic (exact) mass is 340 g/mol. The van der Waals surface area contributed by atoms with Crippen LogP contribution < -0.4 is 0 Å². The van der Waals surface area contributed by atoms with Gasteiger partial charge in [-0.15, -0.1) is 0 Å². The summed E-state index contributed by atoms with van der Waals surface area (Å²) in [5.74, 6) is 0.211. The number of carbonyl (C=O) groups excluding carboxylic acids is 1. The molecule has 0 radical (unpaired) electrons. The van der Waals surface area contributed by atoms with Crippen LogP contribution in [0.25, 0.3) is 0 Å². The third-order valence-electron chi connectivity index (χ3n) is 2.41. The van der Waals surface area contributed by atoms with Gasteiger partial charge in [-0.25, -0.2) is 0 Å². The van der Waals surface area contributed by atoms with Crippen LogP contribution >= 0.6 is 22.6 Å². The maximum absolute atomic E-state index is 12.1. The summed E-state index contributed by atoms with van der Waals surface area (Å²) in [5, 5.41) is 0. The van der Waals surface area contributed by atoms with Crippen molar-refractivity contribution in [1.82, 2.24) is 0 Å². The standard InChI is InChI=1S/C13H25IO2/c1-9(2)10(12(3,4)5)11(15)16-8-13(6,7)14/h9-10H,8H2,1-7H3. The minimum Gasteiger partial charge on any atom is -0.464 e. The molecular formula is C13H25IO2. The molecule has 0 fully saturated rings. The Hall–Kier alpha value is 0.200.